The van der Waals surface area contributed by atoms with E-state index in [1.54, 1.807) is 6.20 Å². The lowest BCUT2D eigenvalue weighted by atomic mass is 10.0. The number of likely N-dealkylation sites (tertiary alicyclic amines) is 1. The lowest BCUT2D eigenvalue weighted by Gasteiger charge is -2.34. The van der Waals surface area contributed by atoms with Crippen molar-refractivity contribution in [1.29, 1.82) is 0 Å². The Morgan fingerprint density at radius 2 is 1.96 bits per heavy atom. The van der Waals surface area contributed by atoms with E-state index >= 15 is 0 Å². The highest BCUT2D eigenvalue weighted by Gasteiger charge is 2.35. The lowest BCUT2D eigenvalue weighted by molar-refractivity contribution is -0.133. The molecule has 1 unspecified atom stereocenters. The number of nitrogens with zero attached hydrogens (tertiary/aromatic N) is 4. The molecule has 6 nitrogen and oxygen atoms in total. The van der Waals surface area contributed by atoms with E-state index in [9.17, 15) is 4.79 Å². The number of hydrogen-bond acceptors (Lipinski definition) is 4. The third-order valence-electron chi connectivity index (χ3n) is 5.44. The predicted octanol–water partition coefficient (Wildman–Crippen LogP) is 3.21. The summed E-state index contributed by atoms with van der Waals surface area (Å²) < 4.78 is 1.84. The Hall–Kier alpha value is -2.89. The Labute approximate surface area is 158 Å². The summed E-state index contributed by atoms with van der Waals surface area (Å²) in [6, 6.07) is 14.4. The van der Waals surface area contributed by atoms with Crippen LogP contribution in [0.4, 0.5) is 5.82 Å². The first-order valence-electron chi connectivity index (χ1n) is 9.73. The lowest BCUT2D eigenvalue weighted by Crippen LogP contribution is -2.45. The molecule has 2 aromatic heterocycles. The zero-order valence-electron chi connectivity index (χ0n) is 15.2. The number of piperidine rings is 1. The van der Waals surface area contributed by atoms with E-state index in [2.05, 4.69) is 28.6 Å². The second kappa shape index (κ2) is 6.68. The van der Waals surface area contributed by atoms with Crippen LogP contribution in [0.25, 0.3) is 16.9 Å². The molecule has 1 saturated carbocycles. The minimum Gasteiger partial charge on any atom is -0.365 e. The molecule has 5 rings (SSSR count). The minimum atomic E-state index is 0.236. The van der Waals surface area contributed by atoms with Crippen LogP contribution in [0.5, 0.6) is 0 Å². The summed E-state index contributed by atoms with van der Waals surface area (Å²) in [5, 5.41) is 8.05. The van der Waals surface area contributed by atoms with E-state index < -0.39 is 0 Å². The molecule has 1 saturated heterocycles. The van der Waals surface area contributed by atoms with E-state index in [-0.39, 0.29) is 12.0 Å². The van der Waals surface area contributed by atoms with Crippen molar-refractivity contribution in [3.05, 3.63) is 48.7 Å². The zero-order chi connectivity index (χ0) is 18.2. The summed E-state index contributed by atoms with van der Waals surface area (Å²) in [4.78, 5) is 19.2. The van der Waals surface area contributed by atoms with Crippen molar-refractivity contribution < 1.29 is 4.79 Å². The van der Waals surface area contributed by atoms with Crippen LogP contribution in [0.1, 0.15) is 25.7 Å². The number of carbonyl (C=O) groups excluding carboxylic acids is 1. The van der Waals surface area contributed by atoms with Crippen LogP contribution >= 0.6 is 0 Å². The van der Waals surface area contributed by atoms with Crippen LogP contribution in [0.3, 0.4) is 0 Å². The molecule has 3 heterocycles. The normalized spacial score (nSPS) is 20.0. The second-order valence-electron chi connectivity index (χ2n) is 7.54. The fourth-order valence-electron chi connectivity index (χ4n) is 3.87. The minimum absolute atomic E-state index is 0.236. The summed E-state index contributed by atoms with van der Waals surface area (Å²) in [6.45, 7) is 1.65. The number of nitrogens with one attached hydrogen (secondary N) is 1. The van der Waals surface area contributed by atoms with Gasteiger partial charge in [0.25, 0.3) is 0 Å². The second-order valence-corrected chi connectivity index (χ2v) is 7.54. The Bertz CT molecular complexity index is 963. The van der Waals surface area contributed by atoms with E-state index in [0.29, 0.717) is 5.91 Å². The monoisotopic (exact) mass is 361 g/mol. The van der Waals surface area contributed by atoms with E-state index in [0.717, 1.165) is 61.5 Å². The topological polar surface area (TPSA) is 62.5 Å². The maximum atomic E-state index is 12.4. The number of fused-ring (bicyclic) bond motifs is 1. The van der Waals surface area contributed by atoms with Gasteiger partial charge in [0, 0.05) is 42.7 Å². The molecule has 1 amide bonds. The molecule has 1 aromatic carbocycles. The molecule has 1 atom stereocenters. The van der Waals surface area contributed by atoms with Crippen molar-refractivity contribution in [2.75, 3.05) is 18.4 Å². The molecule has 0 radical (unpaired) electrons. The molecule has 138 valence electrons. The first-order valence-corrected chi connectivity index (χ1v) is 9.73. The van der Waals surface area contributed by atoms with Gasteiger partial charge in [-0.05, 0) is 25.7 Å². The first kappa shape index (κ1) is 16.3. The molecule has 0 bridgehead atoms. The quantitative estimate of drug-likeness (QED) is 0.775. The van der Waals surface area contributed by atoms with Gasteiger partial charge in [-0.15, -0.1) is 0 Å². The number of anilines is 1. The Morgan fingerprint density at radius 3 is 2.78 bits per heavy atom. The van der Waals surface area contributed by atoms with Crippen molar-refractivity contribution in [2.45, 2.75) is 31.7 Å². The highest BCUT2D eigenvalue weighted by atomic mass is 16.2. The van der Waals surface area contributed by atoms with Crippen LogP contribution in [-0.4, -0.2) is 44.5 Å². The van der Waals surface area contributed by atoms with Crippen molar-refractivity contribution in [2.24, 2.45) is 5.92 Å². The van der Waals surface area contributed by atoms with Gasteiger partial charge < -0.3 is 10.2 Å². The molecule has 2 fully saturated rings. The summed E-state index contributed by atoms with van der Waals surface area (Å²) in [5.41, 5.74) is 2.83. The largest absolute Gasteiger partial charge is 0.365 e. The summed E-state index contributed by atoms with van der Waals surface area (Å²) in [7, 11) is 0. The number of rotatable bonds is 4. The molecular formula is C21H23N5O. The van der Waals surface area contributed by atoms with Gasteiger partial charge in [0.05, 0.1) is 11.9 Å². The molecule has 1 N–H and O–H groups in total. The molecule has 2 aliphatic rings. The van der Waals surface area contributed by atoms with E-state index in [1.165, 1.54) is 0 Å². The Morgan fingerprint density at radius 1 is 1.11 bits per heavy atom. The van der Waals surface area contributed by atoms with Gasteiger partial charge in [-0.3, -0.25) is 4.79 Å². The highest BCUT2D eigenvalue weighted by molar-refractivity contribution is 5.81. The van der Waals surface area contributed by atoms with Crippen molar-refractivity contribution >= 4 is 17.4 Å². The van der Waals surface area contributed by atoms with Crippen LogP contribution < -0.4 is 5.32 Å². The van der Waals surface area contributed by atoms with Crippen LogP contribution in [0.2, 0.25) is 0 Å². The van der Waals surface area contributed by atoms with Gasteiger partial charge in [0.15, 0.2) is 5.65 Å². The summed E-state index contributed by atoms with van der Waals surface area (Å²) in [5.74, 6) is 1.55. The standard InChI is InChI=1S/C21H23N5O/c27-21(16-8-9-16)25-12-4-7-17(14-25)23-20-13-18(15-5-2-1-3-6-15)24-19-10-11-22-26(19)20/h1-3,5-6,10-11,13,16-17,23H,4,7-9,12,14H2. The van der Waals surface area contributed by atoms with E-state index in [1.807, 2.05) is 33.7 Å². The Balaban J connectivity index is 1.42. The summed E-state index contributed by atoms with van der Waals surface area (Å²) in [6.07, 6.45) is 5.99. The maximum Gasteiger partial charge on any atom is 0.225 e. The Kier molecular flexibility index (Phi) is 4.03. The number of carbonyl (C=O) groups is 1. The van der Waals surface area contributed by atoms with Gasteiger partial charge in [-0.2, -0.15) is 9.61 Å². The fraction of sp³-hybridized carbons (Fsp3) is 0.381. The van der Waals surface area contributed by atoms with Crippen molar-refractivity contribution in [3.63, 3.8) is 0 Å². The number of hydrogen-bond donors (Lipinski definition) is 1. The average Bonchev–Trinajstić information content (AvgIpc) is 3.45. The van der Waals surface area contributed by atoms with Crippen LogP contribution in [-0.2, 0) is 4.79 Å². The number of amides is 1. The highest BCUT2D eigenvalue weighted by Crippen LogP contribution is 2.32. The average molecular weight is 361 g/mol. The van der Waals surface area contributed by atoms with E-state index in [4.69, 9.17) is 4.98 Å². The molecule has 3 aromatic rings. The SMILES string of the molecule is O=C(C1CC1)N1CCCC(Nc2cc(-c3ccccc3)nc3ccnn23)C1. The molecule has 1 aliphatic heterocycles. The third-order valence-corrected chi connectivity index (χ3v) is 5.44. The van der Waals surface area contributed by atoms with Gasteiger partial charge in [0.2, 0.25) is 5.91 Å². The van der Waals surface area contributed by atoms with Gasteiger partial charge in [-0.1, -0.05) is 30.3 Å². The van der Waals surface area contributed by atoms with Crippen molar-refractivity contribution in [3.8, 4) is 11.3 Å². The number of benzene rings is 1. The maximum absolute atomic E-state index is 12.4. The summed E-state index contributed by atoms with van der Waals surface area (Å²) >= 11 is 0. The van der Waals surface area contributed by atoms with Gasteiger partial charge in [0.1, 0.15) is 5.82 Å². The first-order chi connectivity index (χ1) is 13.3. The van der Waals surface area contributed by atoms with Crippen LogP contribution in [0.15, 0.2) is 48.7 Å². The molecule has 0 spiro atoms. The van der Waals surface area contributed by atoms with Crippen LogP contribution in [0, 0.1) is 5.92 Å². The molecule has 6 heteroatoms. The molecule has 27 heavy (non-hydrogen) atoms. The van der Waals surface area contributed by atoms with Gasteiger partial charge >= 0.3 is 0 Å². The van der Waals surface area contributed by atoms with Gasteiger partial charge in [-0.25, -0.2) is 4.98 Å². The number of aromatic nitrogens is 3. The molecule has 1 aliphatic carbocycles. The third kappa shape index (κ3) is 3.27. The van der Waals surface area contributed by atoms with Crippen molar-refractivity contribution in [1.82, 2.24) is 19.5 Å². The fourth-order valence-corrected chi connectivity index (χ4v) is 3.87. The zero-order valence-corrected chi connectivity index (χ0v) is 15.2. The smallest absolute Gasteiger partial charge is 0.225 e. The predicted molar refractivity (Wildman–Crippen MR) is 104 cm³/mol. The molecular weight excluding hydrogens is 338 g/mol.